The predicted molar refractivity (Wildman–Crippen MR) is 78.5 cm³/mol. The van der Waals surface area contributed by atoms with Crippen LogP contribution in [0.3, 0.4) is 0 Å². The van der Waals surface area contributed by atoms with Gasteiger partial charge in [-0.15, -0.1) is 0 Å². The SMILES string of the molecule is CC(C)C1CCCCC1N[C@@H](C)c1ccc(F)cc1. The lowest BCUT2D eigenvalue weighted by Gasteiger charge is -2.37. The highest BCUT2D eigenvalue weighted by Crippen LogP contribution is 2.31. The average molecular weight is 263 g/mol. The number of halogens is 1. The Morgan fingerprint density at radius 2 is 1.68 bits per heavy atom. The molecule has 1 nitrogen and oxygen atoms in total. The van der Waals surface area contributed by atoms with E-state index in [2.05, 4.69) is 26.1 Å². The van der Waals surface area contributed by atoms with Gasteiger partial charge in [-0.1, -0.05) is 38.8 Å². The fourth-order valence-electron chi connectivity index (χ4n) is 3.33. The van der Waals surface area contributed by atoms with Crippen molar-refractivity contribution in [1.82, 2.24) is 5.32 Å². The number of benzene rings is 1. The second-order valence-corrected chi connectivity index (χ2v) is 6.24. The molecule has 1 saturated carbocycles. The lowest BCUT2D eigenvalue weighted by atomic mass is 9.77. The lowest BCUT2D eigenvalue weighted by Crippen LogP contribution is -2.42. The van der Waals surface area contributed by atoms with Crippen LogP contribution in [0.2, 0.25) is 0 Å². The van der Waals surface area contributed by atoms with E-state index in [1.54, 1.807) is 12.1 Å². The summed E-state index contributed by atoms with van der Waals surface area (Å²) in [7, 11) is 0. The van der Waals surface area contributed by atoms with Crippen LogP contribution in [0.5, 0.6) is 0 Å². The molecule has 0 aliphatic heterocycles. The van der Waals surface area contributed by atoms with Crippen molar-refractivity contribution in [3.8, 4) is 0 Å². The first-order valence-corrected chi connectivity index (χ1v) is 7.59. The Bertz CT molecular complexity index is 385. The highest BCUT2D eigenvalue weighted by Gasteiger charge is 2.28. The Hall–Kier alpha value is -0.890. The van der Waals surface area contributed by atoms with Gasteiger partial charge >= 0.3 is 0 Å². The molecule has 0 heterocycles. The van der Waals surface area contributed by atoms with Crippen molar-refractivity contribution in [3.05, 3.63) is 35.6 Å². The summed E-state index contributed by atoms with van der Waals surface area (Å²) in [6.07, 6.45) is 5.31. The molecule has 1 aromatic rings. The lowest BCUT2D eigenvalue weighted by molar-refractivity contribution is 0.195. The zero-order valence-corrected chi connectivity index (χ0v) is 12.3. The summed E-state index contributed by atoms with van der Waals surface area (Å²) in [5.74, 6) is 1.35. The number of nitrogens with one attached hydrogen (secondary N) is 1. The molecular formula is C17H26FN. The van der Waals surface area contributed by atoms with Crippen LogP contribution >= 0.6 is 0 Å². The maximum atomic E-state index is 13.0. The molecule has 1 fully saturated rings. The highest BCUT2D eigenvalue weighted by molar-refractivity contribution is 5.19. The molecule has 3 atom stereocenters. The van der Waals surface area contributed by atoms with E-state index in [0.29, 0.717) is 12.1 Å². The van der Waals surface area contributed by atoms with Crippen LogP contribution in [0.1, 0.15) is 58.1 Å². The molecule has 2 rings (SSSR count). The molecular weight excluding hydrogens is 237 g/mol. The molecule has 0 spiro atoms. The molecule has 0 radical (unpaired) electrons. The van der Waals surface area contributed by atoms with Gasteiger partial charge in [-0.2, -0.15) is 0 Å². The maximum Gasteiger partial charge on any atom is 0.123 e. The third-order valence-corrected chi connectivity index (χ3v) is 4.51. The molecule has 0 bridgehead atoms. The standard InChI is InChI=1S/C17H26FN/c1-12(2)16-6-4-5-7-17(16)19-13(3)14-8-10-15(18)11-9-14/h8-13,16-17,19H,4-7H2,1-3H3/t13-,16?,17?/m0/s1. The minimum atomic E-state index is -0.159. The first-order chi connectivity index (χ1) is 9.08. The highest BCUT2D eigenvalue weighted by atomic mass is 19.1. The maximum absolute atomic E-state index is 13.0. The van der Waals surface area contributed by atoms with Crippen molar-refractivity contribution < 1.29 is 4.39 Å². The van der Waals surface area contributed by atoms with Gasteiger partial charge in [0.05, 0.1) is 0 Å². The van der Waals surface area contributed by atoms with E-state index in [4.69, 9.17) is 0 Å². The van der Waals surface area contributed by atoms with Crippen LogP contribution in [0.25, 0.3) is 0 Å². The second kappa shape index (κ2) is 6.51. The van der Waals surface area contributed by atoms with Crippen LogP contribution in [0.15, 0.2) is 24.3 Å². The van der Waals surface area contributed by atoms with Gasteiger partial charge < -0.3 is 5.32 Å². The fraction of sp³-hybridized carbons (Fsp3) is 0.647. The first-order valence-electron chi connectivity index (χ1n) is 7.59. The molecule has 19 heavy (non-hydrogen) atoms. The van der Waals surface area contributed by atoms with Gasteiger partial charge in [0, 0.05) is 12.1 Å². The summed E-state index contributed by atoms with van der Waals surface area (Å²) in [5, 5.41) is 3.76. The zero-order valence-electron chi connectivity index (χ0n) is 12.3. The Morgan fingerprint density at radius 1 is 1.05 bits per heavy atom. The summed E-state index contributed by atoms with van der Waals surface area (Å²) in [5.41, 5.74) is 1.18. The van der Waals surface area contributed by atoms with Gasteiger partial charge in [0.2, 0.25) is 0 Å². The molecule has 2 heteroatoms. The number of rotatable bonds is 4. The molecule has 106 valence electrons. The quantitative estimate of drug-likeness (QED) is 0.831. The summed E-state index contributed by atoms with van der Waals surface area (Å²) in [6.45, 7) is 6.83. The Morgan fingerprint density at radius 3 is 2.32 bits per heavy atom. The first kappa shape index (κ1) is 14.5. The molecule has 0 aromatic heterocycles. The van der Waals surface area contributed by atoms with Crippen LogP contribution < -0.4 is 5.32 Å². The van der Waals surface area contributed by atoms with E-state index in [1.165, 1.54) is 31.2 Å². The van der Waals surface area contributed by atoms with E-state index in [9.17, 15) is 4.39 Å². The summed E-state index contributed by atoms with van der Waals surface area (Å²) in [4.78, 5) is 0. The van der Waals surface area contributed by atoms with Gasteiger partial charge in [0.25, 0.3) is 0 Å². The third-order valence-electron chi connectivity index (χ3n) is 4.51. The Labute approximate surface area is 116 Å². The van der Waals surface area contributed by atoms with Gasteiger partial charge in [0.1, 0.15) is 5.82 Å². The largest absolute Gasteiger partial charge is 0.307 e. The van der Waals surface area contributed by atoms with Crippen molar-refractivity contribution in [2.45, 2.75) is 58.5 Å². The number of hydrogen-bond donors (Lipinski definition) is 1. The molecule has 1 aliphatic rings. The summed E-state index contributed by atoms with van der Waals surface area (Å²) < 4.78 is 13.0. The van der Waals surface area contributed by atoms with Crippen LogP contribution in [0.4, 0.5) is 4.39 Å². The van der Waals surface area contributed by atoms with E-state index in [0.717, 1.165) is 11.8 Å². The predicted octanol–water partition coefficient (Wildman–Crippen LogP) is 4.69. The van der Waals surface area contributed by atoms with Crippen molar-refractivity contribution >= 4 is 0 Å². The van der Waals surface area contributed by atoms with Crippen LogP contribution in [-0.2, 0) is 0 Å². The fourth-order valence-corrected chi connectivity index (χ4v) is 3.33. The van der Waals surface area contributed by atoms with Gasteiger partial charge in [0.15, 0.2) is 0 Å². The molecule has 1 aromatic carbocycles. The van der Waals surface area contributed by atoms with Crippen LogP contribution in [-0.4, -0.2) is 6.04 Å². The van der Waals surface area contributed by atoms with Gasteiger partial charge in [-0.3, -0.25) is 0 Å². The monoisotopic (exact) mass is 263 g/mol. The van der Waals surface area contributed by atoms with Crippen molar-refractivity contribution in [3.63, 3.8) is 0 Å². The van der Waals surface area contributed by atoms with E-state index in [1.807, 2.05) is 12.1 Å². The zero-order chi connectivity index (χ0) is 13.8. The van der Waals surface area contributed by atoms with E-state index < -0.39 is 0 Å². The van der Waals surface area contributed by atoms with E-state index >= 15 is 0 Å². The minimum Gasteiger partial charge on any atom is -0.307 e. The van der Waals surface area contributed by atoms with Crippen molar-refractivity contribution in [2.75, 3.05) is 0 Å². The Kier molecular flexibility index (Phi) is 4.98. The third kappa shape index (κ3) is 3.79. The van der Waals surface area contributed by atoms with Crippen molar-refractivity contribution in [2.24, 2.45) is 11.8 Å². The topological polar surface area (TPSA) is 12.0 Å². The molecule has 1 N–H and O–H groups in total. The normalized spacial score (nSPS) is 25.5. The number of hydrogen-bond acceptors (Lipinski definition) is 1. The minimum absolute atomic E-state index is 0.159. The molecule has 1 aliphatic carbocycles. The Balaban J connectivity index is 2.00. The van der Waals surface area contributed by atoms with Gasteiger partial charge in [-0.05, 0) is 49.3 Å². The molecule has 0 saturated heterocycles. The smallest absolute Gasteiger partial charge is 0.123 e. The average Bonchev–Trinajstić information content (AvgIpc) is 2.39. The van der Waals surface area contributed by atoms with Gasteiger partial charge in [-0.25, -0.2) is 4.39 Å². The molecule has 0 amide bonds. The van der Waals surface area contributed by atoms with Crippen molar-refractivity contribution in [1.29, 1.82) is 0 Å². The van der Waals surface area contributed by atoms with Crippen LogP contribution in [0, 0.1) is 17.7 Å². The summed E-state index contributed by atoms with van der Waals surface area (Å²) in [6, 6.07) is 7.78. The molecule has 2 unspecified atom stereocenters. The summed E-state index contributed by atoms with van der Waals surface area (Å²) >= 11 is 0. The second-order valence-electron chi connectivity index (χ2n) is 6.24. The van der Waals surface area contributed by atoms with E-state index in [-0.39, 0.29) is 5.82 Å².